The fourth-order valence-electron chi connectivity index (χ4n) is 4.66. The van der Waals surface area contributed by atoms with E-state index in [1.165, 1.54) is 28.0 Å². The highest BCUT2D eigenvalue weighted by Gasteiger charge is 2.26. The molecule has 184 valence electrons. The number of aromatic nitrogens is 2. The number of carbonyl (C=O) groups is 2. The number of pyridine rings is 1. The Morgan fingerprint density at radius 2 is 1.73 bits per heavy atom. The monoisotopic (exact) mass is 513 g/mol. The van der Waals surface area contributed by atoms with Gasteiger partial charge in [0.25, 0.3) is 11.5 Å². The van der Waals surface area contributed by atoms with Gasteiger partial charge in [-0.2, -0.15) is 0 Å². The Kier molecular flexibility index (Phi) is 5.57. The summed E-state index contributed by atoms with van der Waals surface area (Å²) in [5.74, 6) is -2.14. The molecule has 1 saturated heterocycles. The molecule has 0 spiro atoms. The first-order valence-electron chi connectivity index (χ1n) is 11.8. The number of carbonyl (C=O) groups excluding carboxylic acids is 2. The first-order chi connectivity index (χ1) is 17.9. The van der Waals surface area contributed by atoms with Crippen LogP contribution in [0.25, 0.3) is 26.3 Å². The molecule has 5 aromatic rings. The van der Waals surface area contributed by atoms with Gasteiger partial charge in [-0.3, -0.25) is 18.8 Å². The van der Waals surface area contributed by atoms with Crippen molar-refractivity contribution in [1.29, 1.82) is 0 Å². The zero-order valence-electron chi connectivity index (χ0n) is 19.5. The van der Waals surface area contributed by atoms with Crippen LogP contribution in [0.5, 0.6) is 5.75 Å². The van der Waals surface area contributed by atoms with Crippen molar-refractivity contribution in [2.75, 3.05) is 13.1 Å². The highest BCUT2D eigenvalue weighted by molar-refractivity contribution is 7.21. The first-order valence-corrected chi connectivity index (χ1v) is 12.6. The Bertz CT molecular complexity index is 1770. The Balaban J connectivity index is 1.60. The van der Waals surface area contributed by atoms with Gasteiger partial charge < -0.3 is 10.0 Å². The van der Waals surface area contributed by atoms with Crippen LogP contribution in [0.3, 0.4) is 0 Å². The number of amides is 1. The molecule has 0 radical (unpaired) electrons. The quantitative estimate of drug-likeness (QED) is 0.346. The molecule has 9 heteroatoms. The van der Waals surface area contributed by atoms with Gasteiger partial charge in [-0.1, -0.05) is 30.3 Å². The predicted octanol–water partition coefficient (Wildman–Crippen LogP) is 4.89. The number of nitrogens with zero attached hydrogens (tertiary/aromatic N) is 3. The van der Waals surface area contributed by atoms with Crippen molar-refractivity contribution in [3.05, 3.63) is 99.7 Å². The molecular formula is C28H20FN3O4S. The van der Waals surface area contributed by atoms with Crippen LogP contribution in [0.1, 0.15) is 39.1 Å². The van der Waals surface area contributed by atoms with E-state index in [1.807, 2.05) is 30.3 Å². The van der Waals surface area contributed by atoms with Crippen LogP contribution in [0.15, 0.2) is 71.7 Å². The van der Waals surface area contributed by atoms with E-state index in [0.29, 0.717) is 23.3 Å². The summed E-state index contributed by atoms with van der Waals surface area (Å²) in [4.78, 5) is 48.2. The number of rotatable bonds is 4. The molecule has 3 aromatic heterocycles. The molecule has 7 nitrogen and oxygen atoms in total. The standard InChI is InChI=1S/C28H20FN3O4S/c29-18-8-9-22(33)19(13-18)24(34)17-12-20(27(35)31-10-4-5-11-31)25-30-26-21(28(36)32(25)15-17)14-23(37-26)16-6-2-1-3-7-16/h1-3,6-9,12-15,33H,4-5,10-11H2. The van der Waals surface area contributed by atoms with Gasteiger partial charge in [0.1, 0.15) is 16.4 Å². The van der Waals surface area contributed by atoms with Crippen LogP contribution in [0.4, 0.5) is 4.39 Å². The number of phenolic OH excluding ortho intramolecular Hbond substituents is 1. The molecular weight excluding hydrogens is 493 g/mol. The average molecular weight is 514 g/mol. The van der Waals surface area contributed by atoms with E-state index in [2.05, 4.69) is 0 Å². The van der Waals surface area contributed by atoms with Gasteiger partial charge in [0, 0.05) is 29.7 Å². The minimum Gasteiger partial charge on any atom is -0.507 e. The van der Waals surface area contributed by atoms with Gasteiger partial charge in [0.05, 0.1) is 16.5 Å². The lowest BCUT2D eigenvalue weighted by atomic mass is 10.0. The number of phenols is 1. The van der Waals surface area contributed by atoms with Crippen molar-refractivity contribution in [2.45, 2.75) is 12.8 Å². The van der Waals surface area contributed by atoms with Gasteiger partial charge in [-0.05, 0) is 48.7 Å². The Hall–Kier alpha value is -4.37. The smallest absolute Gasteiger partial charge is 0.266 e. The summed E-state index contributed by atoms with van der Waals surface area (Å²) >= 11 is 1.35. The molecule has 0 atom stereocenters. The third-order valence-corrected chi connectivity index (χ3v) is 7.63. The number of fused-ring (bicyclic) bond motifs is 2. The molecule has 1 aliphatic rings. The molecule has 1 amide bonds. The number of aromatic hydroxyl groups is 1. The van der Waals surface area contributed by atoms with Crippen molar-refractivity contribution < 1.29 is 19.1 Å². The minimum absolute atomic E-state index is 0.0299. The zero-order chi connectivity index (χ0) is 25.7. The maximum atomic E-state index is 13.9. The Morgan fingerprint density at radius 3 is 2.49 bits per heavy atom. The third-order valence-electron chi connectivity index (χ3n) is 6.55. The highest BCUT2D eigenvalue weighted by Crippen LogP contribution is 2.32. The molecule has 6 rings (SSSR count). The lowest BCUT2D eigenvalue weighted by Crippen LogP contribution is -2.29. The lowest BCUT2D eigenvalue weighted by Gasteiger charge is -2.17. The van der Waals surface area contributed by atoms with Gasteiger partial charge in [-0.25, -0.2) is 9.37 Å². The SMILES string of the molecule is O=C(c1cc(C(=O)N2CCCC2)c2nc3sc(-c4ccccc4)cc3c(=O)n2c1)c1cc(F)ccc1O. The van der Waals surface area contributed by atoms with E-state index in [4.69, 9.17) is 4.98 Å². The normalized spacial score (nSPS) is 13.5. The molecule has 1 fully saturated rings. The molecule has 1 aliphatic heterocycles. The summed E-state index contributed by atoms with van der Waals surface area (Å²) in [6, 6.07) is 15.8. The predicted molar refractivity (Wildman–Crippen MR) is 139 cm³/mol. The van der Waals surface area contributed by atoms with Gasteiger partial charge in [0.2, 0.25) is 0 Å². The Labute approximate surface area is 214 Å². The van der Waals surface area contributed by atoms with E-state index < -0.39 is 22.9 Å². The molecule has 0 bridgehead atoms. The van der Waals surface area contributed by atoms with Crippen LogP contribution >= 0.6 is 11.3 Å². The van der Waals surface area contributed by atoms with Crippen LogP contribution in [-0.2, 0) is 0 Å². The summed E-state index contributed by atoms with van der Waals surface area (Å²) in [6.45, 7) is 1.13. The summed E-state index contributed by atoms with van der Waals surface area (Å²) in [6.07, 6.45) is 3.03. The molecule has 37 heavy (non-hydrogen) atoms. The van der Waals surface area contributed by atoms with E-state index in [0.717, 1.165) is 41.5 Å². The first kappa shape index (κ1) is 23.1. The molecule has 0 unspecified atom stereocenters. The van der Waals surface area contributed by atoms with Crippen LogP contribution in [0.2, 0.25) is 0 Å². The highest BCUT2D eigenvalue weighted by atomic mass is 32.1. The van der Waals surface area contributed by atoms with Crippen molar-refractivity contribution >= 4 is 38.9 Å². The number of likely N-dealkylation sites (tertiary alicyclic amines) is 1. The summed E-state index contributed by atoms with van der Waals surface area (Å²) < 4.78 is 15.1. The van der Waals surface area contributed by atoms with Crippen LogP contribution in [0, 0.1) is 5.82 Å². The summed E-state index contributed by atoms with van der Waals surface area (Å²) in [5, 5.41) is 10.6. The number of hydrogen-bond acceptors (Lipinski definition) is 6. The van der Waals surface area contributed by atoms with E-state index in [-0.39, 0.29) is 28.2 Å². The summed E-state index contributed by atoms with van der Waals surface area (Å²) in [5.41, 5.74) is 0.477. The lowest BCUT2D eigenvalue weighted by molar-refractivity contribution is 0.0794. The molecule has 0 aliphatic carbocycles. The molecule has 0 saturated carbocycles. The van der Waals surface area contributed by atoms with Crippen molar-refractivity contribution in [1.82, 2.24) is 14.3 Å². The number of ketones is 1. The maximum absolute atomic E-state index is 13.9. The maximum Gasteiger partial charge on any atom is 0.266 e. The van der Waals surface area contributed by atoms with Crippen molar-refractivity contribution in [3.8, 4) is 16.2 Å². The van der Waals surface area contributed by atoms with Crippen molar-refractivity contribution in [2.24, 2.45) is 0 Å². The van der Waals surface area contributed by atoms with Crippen LogP contribution < -0.4 is 5.56 Å². The number of hydrogen-bond donors (Lipinski definition) is 1. The number of halogens is 1. The zero-order valence-corrected chi connectivity index (χ0v) is 20.3. The third kappa shape index (κ3) is 3.97. The fraction of sp³-hybridized carbons (Fsp3) is 0.143. The number of thiophene rings is 1. The summed E-state index contributed by atoms with van der Waals surface area (Å²) in [7, 11) is 0. The Morgan fingerprint density at radius 1 is 0.973 bits per heavy atom. The minimum atomic E-state index is -0.711. The topological polar surface area (TPSA) is 92.0 Å². The van der Waals surface area contributed by atoms with E-state index in [9.17, 15) is 23.9 Å². The van der Waals surface area contributed by atoms with Crippen molar-refractivity contribution in [3.63, 3.8) is 0 Å². The molecule has 1 N–H and O–H groups in total. The second-order valence-electron chi connectivity index (χ2n) is 8.94. The van der Waals surface area contributed by atoms with E-state index in [1.54, 1.807) is 11.0 Å². The van der Waals surface area contributed by atoms with Gasteiger partial charge >= 0.3 is 0 Å². The van der Waals surface area contributed by atoms with Gasteiger partial charge in [0.15, 0.2) is 11.4 Å². The fourth-order valence-corrected chi connectivity index (χ4v) is 5.69. The average Bonchev–Trinajstić information content (AvgIpc) is 3.60. The largest absolute Gasteiger partial charge is 0.507 e. The second kappa shape index (κ2) is 8.94. The van der Waals surface area contributed by atoms with Gasteiger partial charge in [-0.15, -0.1) is 11.3 Å². The molecule has 2 aromatic carbocycles. The second-order valence-corrected chi connectivity index (χ2v) is 9.97. The van der Waals surface area contributed by atoms with E-state index >= 15 is 0 Å². The number of benzene rings is 2. The molecule has 4 heterocycles. The van der Waals surface area contributed by atoms with Crippen LogP contribution in [-0.4, -0.2) is 44.2 Å².